The topological polar surface area (TPSA) is 175 Å². The minimum atomic E-state index is -1.62. The van der Waals surface area contributed by atoms with Crippen LogP contribution < -0.4 is 5.32 Å². The van der Waals surface area contributed by atoms with Crippen LogP contribution in [0, 0.1) is 0 Å². The molecule has 85 heavy (non-hydrogen) atoms. The molecule has 0 saturated carbocycles. The van der Waals surface area contributed by atoms with Crippen molar-refractivity contribution in [3.05, 3.63) is 85.1 Å². The predicted octanol–water partition coefficient (Wildman–Crippen LogP) is 18.1. The quantitative estimate of drug-likeness (QED) is 0.0195. The highest BCUT2D eigenvalue weighted by Crippen LogP contribution is 2.26. The van der Waals surface area contributed by atoms with Crippen LogP contribution in [0.1, 0.15) is 310 Å². The largest absolute Gasteiger partial charge is 0.454 e. The SMILES string of the molecule is CC/C=C\C/C=C\C/C=C\C/C=C\C/C=C\CCCCCCCCC(O)C(=O)NC(COC1OC(CO)C(O)C(O)C1OC(=O)CCCCCCCCCCCCCCC/C=C/CCCCCCCC)C(O)/C=C/CCCCCCCCCCC. The first-order valence-electron chi connectivity index (χ1n) is 35.4. The van der Waals surface area contributed by atoms with E-state index in [0.29, 0.717) is 12.8 Å². The molecule has 0 aliphatic carbocycles. The maximum atomic E-state index is 13.5. The second-order valence-corrected chi connectivity index (χ2v) is 24.2. The van der Waals surface area contributed by atoms with Crippen molar-refractivity contribution in [3.8, 4) is 0 Å². The van der Waals surface area contributed by atoms with Gasteiger partial charge in [-0.3, -0.25) is 9.59 Å². The summed E-state index contributed by atoms with van der Waals surface area (Å²) in [5, 5.41) is 57.2. The van der Waals surface area contributed by atoms with Gasteiger partial charge >= 0.3 is 5.97 Å². The number of rotatable bonds is 60. The Balaban J connectivity index is 2.57. The van der Waals surface area contributed by atoms with Gasteiger partial charge in [0.05, 0.1) is 25.4 Å². The highest BCUT2D eigenvalue weighted by Gasteiger charge is 2.47. The molecule has 1 rings (SSSR count). The van der Waals surface area contributed by atoms with Gasteiger partial charge in [-0.1, -0.05) is 292 Å². The van der Waals surface area contributed by atoms with E-state index in [0.717, 1.165) is 109 Å². The summed E-state index contributed by atoms with van der Waals surface area (Å²) in [6.07, 6.45) is 70.5. The Bertz CT molecular complexity index is 1710. The first kappa shape index (κ1) is 79.9. The van der Waals surface area contributed by atoms with Crippen LogP contribution >= 0.6 is 0 Å². The van der Waals surface area contributed by atoms with Gasteiger partial charge in [0, 0.05) is 6.42 Å². The van der Waals surface area contributed by atoms with E-state index in [4.69, 9.17) is 14.2 Å². The molecular formula is C74H131NO10. The highest BCUT2D eigenvalue weighted by atomic mass is 16.7. The van der Waals surface area contributed by atoms with E-state index in [-0.39, 0.29) is 19.4 Å². The van der Waals surface area contributed by atoms with Gasteiger partial charge in [0.15, 0.2) is 12.4 Å². The third-order valence-electron chi connectivity index (χ3n) is 16.3. The number of aliphatic hydroxyl groups is 5. The zero-order chi connectivity index (χ0) is 61.7. The molecular weight excluding hydrogens is 1060 g/mol. The number of nitrogens with one attached hydrogen (secondary N) is 1. The smallest absolute Gasteiger partial charge is 0.306 e. The normalized spacial score (nSPS) is 18.9. The monoisotopic (exact) mass is 1190 g/mol. The molecule has 8 unspecified atom stereocenters. The number of hydrogen-bond acceptors (Lipinski definition) is 10. The van der Waals surface area contributed by atoms with Crippen molar-refractivity contribution < 1.29 is 49.3 Å². The van der Waals surface area contributed by atoms with Crippen LogP contribution in [0.15, 0.2) is 85.1 Å². The lowest BCUT2D eigenvalue weighted by Gasteiger charge is -2.41. The average molecular weight is 1190 g/mol. The van der Waals surface area contributed by atoms with Crippen LogP contribution in [-0.2, 0) is 23.8 Å². The lowest BCUT2D eigenvalue weighted by Crippen LogP contribution is -2.61. The molecule has 1 aliphatic rings. The minimum absolute atomic E-state index is 0.121. The third-order valence-corrected chi connectivity index (χ3v) is 16.3. The number of carbonyl (C=O) groups excluding carboxylic acids is 2. The molecule has 1 fully saturated rings. The van der Waals surface area contributed by atoms with Crippen molar-refractivity contribution in [2.75, 3.05) is 13.2 Å². The number of amides is 1. The summed E-state index contributed by atoms with van der Waals surface area (Å²) in [5.74, 6) is -1.20. The van der Waals surface area contributed by atoms with E-state index in [1.54, 1.807) is 6.08 Å². The summed E-state index contributed by atoms with van der Waals surface area (Å²) in [5.41, 5.74) is 0. The summed E-state index contributed by atoms with van der Waals surface area (Å²) in [7, 11) is 0. The van der Waals surface area contributed by atoms with E-state index in [2.05, 4.69) is 99.0 Å². The number of carbonyl (C=O) groups is 2. The molecule has 0 spiro atoms. The fourth-order valence-electron chi connectivity index (χ4n) is 10.7. The lowest BCUT2D eigenvalue weighted by atomic mass is 9.99. The Labute approximate surface area is 521 Å². The second kappa shape index (κ2) is 61.1. The molecule has 8 atom stereocenters. The predicted molar refractivity (Wildman–Crippen MR) is 356 cm³/mol. The van der Waals surface area contributed by atoms with Gasteiger partial charge in [-0.2, -0.15) is 0 Å². The van der Waals surface area contributed by atoms with Crippen molar-refractivity contribution in [2.45, 2.75) is 359 Å². The Kier molecular flexibility index (Phi) is 57.4. The summed E-state index contributed by atoms with van der Waals surface area (Å²) >= 11 is 0. The molecule has 492 valence electrons. The summed E-state index contributed by atoms with van der Waals surface area (Å²) < 4.78 is 17.7. The molecule has 0 bridgehead atoms. The van der Waals surface area contributed by atoms with Crippen LogP contribution in [0.2, 0.25) is 0 Å². The summed E-state index contributed by atoms with van der Waals surface area (Å²) in [6, 6.07) is -1.03. The van der Waals surface area contributed by atoms with Crippen LogP contribution in [-0.4, -0.2) is 99.6 Å². The van der Waals surface area contributed by atoms with Gasteiger partial charge in [-0.05, 0) is 96.3 Å². The van der Waals surface area contributed by atoms with E-state index in [1.807, 2.05) is 6.08 Å². The molecule has 1 aliphatic heterocycles. The zero-order valence-corrected chi connectivity index (χ0v) is 54.7. The second-order valence-electron chi connectivity index (χ2n) is 24.2. The number of allylic oxidation sites excluding steroid dienone is 13. The van der Waals surface area contributed by atoms with Gasteiger partial charge in [0.1, 0.15) is 24.4 Å². The molecule has 1 heterocycles. The average Bonchev–Trinajstić information content (AvgIpc) is 3.63. The molecule has 11 nitrogen and oxygen atoms in total. The third kappa shape index (κ3) is 48.4. The molecule has 1 saturated heterocycles. The number of hydrogen-bond donors (Lipinski definition) is 6. The van der Waals surface area contributed by atoms with Crippen LogP contribution in [0.3, 0.4) is 0 Å². The van der Waals surface area contributed by atoms with E-state index >= 15 is 0 Å². The molecule has 0 aromatic rings. The summed E-state index contributed by atoms with van der Waals surface area (Å²) in [4.78, 5) is 26.7. The maximum Gasteiger partial charge on any atom is 0.306 e. The van der Waals surface area contributed by atoms with Gasteiger partial charge in [0.25, 0.3) is 0 Å². The maximum absolute atomic E-state index is 13.5. The Hall–Kier alpha value is -3.16. The van der Waals surface area contributed by atoms with Gasteiger partial charge in [-0.15, -0.1) is 0 Å². The molecule has 1 amide bonds. The summed E-state index contributed by atoms with van der Waals surface area (Å²) in [6.45, 7) is 5.69. The molecule has 0 aromatic heterocycles. The number of ether oxygens (including phenoxy) is 3. The van der Waals surface area contributed by atoms with Crippen LogP contribution in [0.25, 0.3) is 0 Å². The fraction of sp³-hybridized carbons (Fsp3) is 0.784. The zero-order valence-electron chi connectivity index (χ0n) is 54.7. The Morgan fingerprint density at radius 2 is 0.847 bits per heavy atom. The van der Waals surface area contributed by atoms with Gasteiger partial charge in [0.2, 0.25) is 5.91 Å². The molecule has 11 heteroatoms. The highest BCUT2D eigenvalue weighted by molar-refractivity contribution is 5.80. The number of esters is 1. The van der Waals surface area contributed by atoms with Crippen molar-refractivity contribution in [3.63, 3.8) is 0 Å². The molecule has 6 N–H and O–H groups in total. The molecule has 0 radical (unpaired) electrons. The van der Waals surface area contributed by atoms with E-state index in [9.17, 15) is 35.1 Å². The van der Waals surface area contributed by atoms with Gasteiger partial charge in [-0.25, -0.2) is 0 Å². The van der Waals surface area contributed by atoms with E-state index < -0.39 is 67.4 Å². The standard InChI is InChI=1S/C74H131NO10/c1-4-7-10-13-16-19-22-24-26-28-30-32-34-36-38-40-42-44-47-50-53-56-59-62-69(79)85-72-71(81)70(80)68(63-76)84-74(72)83-64-65(66(77)60-57-54-51-48-45-21-18-15-12-9-6-3)75-73(82)67(78)61-58-55-52-49-46-43-41-39-37-35-33-31-29-27-25-23-20-17-14-11-8-5-2/h8,11,17,20,24-27,31,33,37,39,57,60,65-68,70-72,74,76-78,80-81H,4-7,9-10,12-16,18-19,21-23,28-30,32,34-36,38,40-56,58-59,61-64H2,1-3H3,(H,75,82)/b11-8-,20-17-,26-24+,27-25-,33-31-,39-37-,60-57+. The Morgan fingerprint density at radius 3 is 1.28 bits per heavy atom. The molecule has 0 aromatic carbocycles. The van der Waals surface area contributed by atoms with Crippen molar-refractivity contribution in [2.24, 2.45) is 0 Å². The minimum Gasteiger partial charge on any atom is -0.454 e. The van der Waals surface area contributed by atoms with Crippen LogP contribution in [0.4, 0.5) is 0 Å². The first-order valence-corrected chi connectivity index (χ1v) is 35.4. The van der Waals surface area contributed by atoms with Crippen LogP contribution in [0.5, 0.6) is 0 Å². The van der Waals surface area contributed by atoms with E-state index in [1.165, 1.54) is 154 Å². The van der Waals surface area contributed by atoms with Crippen molar-refractivity contribution in [1.82, 2.24) is 5.32 Å². The Morgan fingerprint density at radius 1 is 0.471 bits per heavy atom. The fourth-order valence-corrected chi connectivity index (χ4v) is 10.7. The lowest BCUT2D eigenvalue weighted by molar-refractivity contribution is -0.305. The number of aliphatic hydroxyl groups excluding tert-OH is 5. The van der Waals surface area contributed by atoms with Crippen molar-refractivity contribution >= 4 is 11.9 Å². The van der Waals surface area contributed by atoms with Crippen molar-refractivity contribution in [1.29, 1.82) is 0 Å². The van der Waals surface area contributed by atoms with Gasteiger partial charge < -0.3 is 45.1 Å². The number of unbranched alkanes of at least 4 members (excludes halogenated alkanes) is 34. The first-order chi connectivity index (χ1) is 41.7.